The van der Waals surface area contributed by atoms with Gasteiger partial charge in [-0.25, -0.2) is 0 Å². The molecule has 6 nitrogen and oxygen atoms in total. The molecule has 2 aromatic carbocycles. The summed E-state index contributed by atoms with van der Waals surface area (Å²) < 4.78 is 10.9. The molecule has 1 N–H and O–H groups in total. The van der Waals surface area contributed by atoms with Crippen molar-refractivity contribution in [1.29, 1.82) is 0 Å². The molecule has 1 aliphatic heterocycles. The number of nitrogens with zero attached hydrogens (tertiary/aromatic N) is 2. The number of aromatic nitrogens is 1. The number of nitrogens with one attached hydrogen (secondary N) is 1. The van der Waals surface area contributed by atoms with Crippen LogP contribution >= 0.6 is 0 Å². The van der Waals surface area contributed by atoms with E-state index in [2.05, 4.69) is 46.6 Å². The van der Waals surface area contributed by atoms with Crippen LogP contribution in [0.1, 0.15) is 47.4 Å². The van der Waals surface area contributed by atoms with Crippen molar-refractivity contribution in [3.8, 4) is 17.1 Å². The highest BCUT2D eigenvalue weighted by atomic mass is 16.5. The Bertz CT molecular complexity index is 990. The van der Waals surface area contributed by atoms with Gasteiger partial charge < -0.3 is 14.6 Å². The predicted octanol–water partition coefficient (Wildman–Crippen LogP) is 4.62. The molecular formula is C25H29N3O3. The van der Waals surface area contributed by atoms with E-state index in [-0.39, 0.29) is 17.6 Å². The predicted molar refractivity (Wildman–Crippen MR) is 120 cm³/mol. The second-order valence-electron chi connectivity index (χ2n) is 7.91. The number of hydrogen-bond acceptors (Lipinski definition) is 5. The van der Waals surface area contributed by atoms with Gasteiger partial charge in [-0.2, -0.15) is 0 Å². The molecule has 0 aliphatic carbocycles. The average Bonchev–Trinajstić information content (AvgIpc) is 3.48. The van der Waals surface area contributed by atoms with E-state index in [1.54, 1.807) is 6.07 Å². The summed E-state index contributed by atoms with van der Waals surface area (Å²) in [5.41, 5.74) is 3.60. The van der Waals surface area contributed by atoms with Gasteiger partial charge in [0, 0.05) is 18.2 Å². The Hall–Kier alpha value is -3.12. The smallest absolute Gasteiger partial charge is 0.273 e. The maximum Gasteiger partial charge on any atom is 0.273 e. The van der Waals surface area contributed by atoms with Crippen LogP contribution in [0.4, 0.5) is 0 Å². The molecule has 162 valence electrons. The first kappa shape index (κ1) is 21.1. The molecule has 1 atom stereocenters. The lowest BCUT2D eigenvalue weighted by Crippen LogP contribution is -2.36. The van der Waals surface area contributed by atoms with E-state index >= 15 is 0 Å². The van der Waals surface area contributed by atoms with E-state index < -0.39 is 0 Å². The molecular weight excluding hydrogens is 390 g/mol. The zero-order valence-corrected chi connectivity index (χ0v) is 18.1. The lowest BCUT2D eigenvalue weighted by atomic mass is 10.0. The van der Waals surface area contributed by atoms with E-state index in [4.69, 9.17) is 9.26 Å². The minimum Gasteiger partial charge on any atom is -0.494 e. The van der Waals surface area contributed by atoms with Gasteiger partial charge in [0.25, 0.3) is 5.91 Å². The topological polar surface area (TPSA) is 67.6 Å². The molecule has 3 aromatic rings. The van der Waals surface area contributed by atoms with Gasteiger partial charge in [0.05, 0.1) is 12.6 Å². The van der Waals surface area contributed by atoms with E-state index in [0.717, 1.165) is 24.4 Å². The fraction of sp³-hybridized carbons (Fsp3) is 0.360. The van der Waals surface area contributed by atoms with Crippen molar-refractivity contribution in [3.05, 3.63) is 71.4 Å². The Balaban J connectivity index is 1.42. The highest BCUT2D eigenvalue weighted by Gasteiger charge is 2.24. The van der Waals surface area contributed by atoms with Crippen molar-refractivity contribution in [1.82, 2.24) is 15.4 Å². The summed E-state index contributed by atoms with van der Waals surface area (Å²) in [4.78, 5) is 15.2. The highest BCUT2D eigenvalue weighted by Crippen LogP contribution is 2.26. The van der Waals surface area contributed by atoms with Crippen molar-refractivity contribution in [3.63, 3.8) is 0 Å². The summed E-state index contributed by atoms with van der Waals surface area (Å²) in [6, 6.07) is 18.0. The molecule has 0 unspecified atom stereocenters. The minimum absolute atomic E-state index is 0.157. The maximum atomic E-state index is 12.8. The van der Waals surface area contributed by atoms with Crippen LogP contribution in [0.2, 0.25) is 0 Å². The summed E-state index contributed by atoms with van der Waals surface area (Å²) in [6.45, 7) is 7.30. The lowest BCUT2D eigenvalue weighted by Gasteiger charge is -2.28. The molecule has 1 aromatic heterocycles. The second kappa shape index (κ2) is 9.79. The normalized spacial score (nSPS) is 15.0. The number of rotatable bonds is 8. The summed E-state index contributed by atoms with van der Waals surface area (Å²) in [7, 11) is 0. The molecule has 4 rings (SSSR count). The number of hydrogen-bond donors (Lipinski definition) is 1. The molecule has 6 heteroatoms. The second-order valence-corrected chi connectivity index (χ2v) is 7.91. The number of aryl methyl sites for hydroxylation is 1. The molecule has 1 saturated heterocycles. The first-order chi connectivity index (χ1) is 15.1. The maximum absolute atomic E-state index is 12.8. The van der Waals surface area contributed by atoms with Crippen molar-refractivity contribution in [2.24, 2.45) is 0 Å². The summed E-state index contributed by atoms with van der Waals surface area (Å²) in [6.07, 6.45) is 2.40. The molecule has 1 fully saturated rings. The van der Waals surface area contributed by atoms with Gasteiger partial charge in [-0.1, -0.05) is 35.0 Å². The van der Waals surface area contributed by atoms with Gasteiger partial charge in [0.1, 0.15) is 5.75 Å². The molecule has 2 heterocycles. The Morgan fingerprint density at radius 1 is 1.13 bits per heavy atom. The van der Waals surface area contributed by atoms with E-state index in [9.17, 15) is 4.79 Å². The van der Waals surface area contributed by atoms with Crippen molar-refractivity contribution in [2.45, 2.75) is 32.7 Å². The summed E-state index contributed by atoms with van der Waals surface area (Å²) in [5.74, 6) is 1.13. The number of carbonyl (C=O) groups is 1. The Kier molecular flexibility index (Phi) is 6.67. The van der Waals surface area contributed by atoms with Crippen LogP contribution in [0.3, 0.4) is 0 Å². The number of ether oxygens (including phenoxy) is 1. The highest BCUT2D eigenvalue weighted by molar-refractivity contribution is 5.93. The van der Waals surface area contributed by atoms with Crippen LogP contribution < -0.4 is 10.1 Å². The monoisotopic (exact) mass is 419 g/mol. The Morgan fingerprint density at radius 3 is 2.52 bits per heavy atom. The van der Waals surface area contributed by atoms with Crippen LogP contribution in [0.15, 0.2) is 59.1 Å². The van der Waals surface area contributed by atoms with Crippen molar-refractivity contribution < 1.29 is 14.1 Å². The lowest BCUT2D eigenvalue weighted by molar-refractivity contribution is 0.0929. The van der Waals surface area contributed by atoms with Gasteiger partial charge in [0.15, 0.2) is 11.5 Å². The third-order valence-electron chi connectivity index (χ3n) is 5.69. The summed E-state index contributed by atoms with van der Waals surface area (Å²) >= 11 is 0. The SMILES string of the molecule is CCOc1ccc(-c2cc(C(=O)NC[C@H](c3ccc(C)cc3)N3CCCC3)no2)cc1. The molecule has 0 radical (unpaired) electrons. The van der Waals surface area contributed by atoms with Crippen LogP contribution in [0, 0.1) is 6.92 Å². The van der Waals surface area contributed by atoms with E-state index in [1.165, 1.54) is 24.0 Å². The average molecular weight is 420 g/mol. The van der Waals surface area contributed by atoms with Crippen LogP contribution in [0.25, 0.3) is 11.3 Å². The number of amides is 1. The summed E-state index contributed by atoms with van der Waals surface area (Å²) in [5, 5.41) is 7.04. The largest absolute Gasteiger partial charge is 0.494 e. The zero-order valence-electron chi connectivity index (χ0n) is 18.1. The minimum atomic E-state index is -0.225. The van der Waals surface area contributed by atoms with Crippen molar-refractivity contribution >= 4 is 5.91 Å². The Labute approximate surface area is 183 Å². The van der Waals surface area contributed by atoms with Crippen LogP contribution in [-0.4, -0.2) is 42.2 Å². The first-order valence-corrected chi connectivity index (χ1v) is 10.9. The number of carbonyl (C=O) groups excluding carboxylic acids is 1. The van der Waals surface area contributed by atoms with Gasteiger partial charge in [-0.05, 0) is 69.6 Å². The van der Waals surface area contributed by atoms with Crippen molar-refractivity contribution in [2.75, 3.05) is 26.2 Å². The molecule has 31 heavy (non-hydrogen) atoms. The number of benzene rings is 2. The van der Waals surface area contributed by atoms with E-state index in [0.29, 0.717) is 18.9 Å². The molecule has 0 saturated carbocycles. The fourth-order valence-electron chi connectivity index (χ4n) is 3.98. The van der Waals surface area contributed by atoms with Gasteiger partial charge >= 0.3 is 0 Å². The van der Waals surface area contributed by atoms with E-state index in [1.807, 2.05) is 31.2 Å². The fourth-order valence-corrected chi connectivity index (χ4v) is 3.98. The van der Waals surface area contributed by atoms with Crippen LogP contribution in [-0.2, 0) is 0 Å². The first-order valence-electron chi connectivity index (χ1n) is 10.9. The third-order valence-corrected chi connectivity index (χ3v) is 5.69. The standard InChI is InChI=1S/C25H29N3O3/c1-3-30-21-12-10-20(11-13-21)24-16-22(27-31-24)25(29)26-17-23(28-14-4-5-15-28)19-8-6-18(2)7-9-19/h6-13,16,23H,3-5,14-15,17H2,1-2H3,(H,26,29)/t23-/m1/s1. The van der Waals surface area contributed by atoms with Gasteiger partial charge in [-0.15, -0.1) is 0 Å². The van der Waals surface area contributed by atoms with Gasteiger partial charge in [0.2, 0.25) is 0 Å². The van der Waals surface area contributed by atoms with Gasteiger partial charge in [-0.3, -0.25) is 9.69 Å². The molecule has 0 bridgehead atoms. The third kappa shape index (κ3) is 5.14. The van der Waals surface area contributed by atoms with Crippen LogP contribution in [0.5, 0.6) is 5.75 Å². The molecule has 1 amide bonds. The zero-order chi connectivity index (χ0) is 21.6. The molecule has 0 spiro atoms. The Morgan fingerprint density at radius 2 is 1.84 bits per heavy atom. The quantitative estimate of drug-likeness (QED) is 0.577. The number of likely N-dealkylation sites (tertiary alicyclic amines) is 1. The molecule has 1 aliphatic rings.